The molecule has 18 heavy (non-hydrogen) atoms. The number of hydrogen-bond acceptors (Lipinski definition) is 1. The first-order valence-electron chi connectivity index (χ1n) is 7.21. The van der Waals surface area contributed by atoms with Crippen LogP contribution in [0.3, 0.4) is 0 Å². The molecule has 0 saturated heterocycles. The maximum Gasteiger partial charge on any atom is 0.0178 e. The van der Waals surface area contributed by atoms with Crippen LogP contribution in [-0.2, 0) is 0 Å². The lowest BCUT2D eigenvalue weighted by Gasteiger charge is -2.37. The molecule has 100 valence electrons. The predicted octanol–water partition coefficient (Wildman–Crippen LogP) is 4.72. The van der Waals surface area contributed by atoms with E-state index in [2.05, 4.69) is 59.4 Å². The molecule has 0 radical (unpaired) electrons. The van der Waals surface area contributed by atoms with E-state index in [9.17, 15) is 0 Å². The normalized spacial score (nSPS) is 23.1. The molecule has 0 atom stereocenters. The molecule has 0 aromatic heterocycles. The molecule has 0 spiro atoms. The van der Waals surface area contributed by atoms with Crippen LogP contribution in [0, 0.1) is 5.92 Å². The fourth-order valence-corrected chi connectivity index (χ4v) is 3.14. The van der Waals surface area contributed by atoms with Gasteiger partial charge in [0.15, 0.2) is 0 Å². The van der Waals surface area contributed by atoms with Crippen molar-refractivity contribution >= 4 is 15.9 Å². The van der Waals surface area contributed by atoms with Gasteiger partial charge in [0.1, 0.15) is 0 Å². The van der Waals surface area contributed by atoms with Crippen LogP contribution >= 0.6 is 15.9 Å². The molecule has 1 aliphatic carbocycles. The second-order valence-corrected chi connectivity index (χ2v) is 6.43. The highest BCUT2D eigenvalue weighted by molar-refractivity contribution is 9.10. The molecule has 2 heteroatoms. The summed E-state index contributed by atoms with van der Waals surface area (Å²) in [5.74, 6) is 1.62. The van der Waals surface area contributed by atoms with Gasteiger partial charge in [0.25, 0.3) is 0 Å². The summed E-state index contributed by atoms with van der Waals surface area (Å²) >= 11 is 3.55. The van der Waals surface area contributed by atoms with Gasteiger partial charge in [0.05, 0.1) is 0 Å². The molecule has 0 bridgehead atoms. The lowest BCUT2D eigenvalue weighted by molar-refractivity contribution is 0.272. The SMILES string of the molecule is CCC(CC)CNC1CC(c2cccc(Br)c2)C1. The Bertz CT molecular complexity index is 367. The zero-order chi connectivity index (χ0) is 13.0. The van der Waals surface area contributed by atoms with Crippen molar-refractivity contribution in [2.24, 2.45) is 5.92 Å². The van der Waals surface area contributed by atoms with Gasteiger partial charge in [-0.2, -0.15) is 0 Å². The molecule has 1 fully saturated rings. The zero-order valence-electron chi connectivity index (χ0n) is 11.5. The monoisotopic (exact) mass is 309 g/mol. The minimum Gasteiger partial charge on any atom is -0.314 e. The van der Waals surface area contributed by atoms with Gasteiger partial charge in [-0.25, -0.2) is 0 Å². The Kier molecular flexibility index (Phi) is 5.25. The summed E-state index contributed by atoms with van der Waals surface area (Å²) in [5, 5.41) is 3.72. The summed E-state index contributed by atoms with van der Waals surface area (Å²) in [6.45, 7) is 5.78. The molecule has 1 saturated carbocycles. The number of hydrogen-bond donors (Lipinski definition) is 1. The molecule has 0 unspecified atom stereocenters. The third kappa shape index (κ3) is 3.58. The summed E-state index contributed by atoms with van der Waals surface area (Å²) in [4.78, 5) is 0. The summed E-state index contributed by atoms with van der Waals surface area (Å²) in [5.41, 5.74) is 1.49. The molecule has 1 aromatic carbocycles. The van der Waals surface area contributed by atoms with Crippen LogP contribution in [0.4, 0.5) is 0 Å². The number of nitrogens with one attached hydrogen (secondary N) is 1. The van der Waals surface area contributed by atoms with Gasteiger partial charge >= 0.3 is 0 Å². The Morgan fingerprint density at radius 3 is 2.61 bits per heavy atom. The minimum atomic E-state index is 0.745. The van der Waals surface area contributed by atoms with Gasteiger partial charge < -0.3 is 5.32 Å². The number of rotatable bonds is 6. The Balaban J connectivity index is 1.74. The van der Waals surface area contributed by atoms with Crippen molar-refractivity contribution in [3.05, 3.63) is 34.3 Å². The van der Waals surface area contributed by atoms with Crippen LogP contribution in [0.2, 0.25) is 0 Å². The van der Waals surface area contributed by atoms with Crippen molar-refractivity contribution in [3.63, 3.8) is 0 Å². The Morgan fingerprint density at radius 1 is 1.28 bits per heavy atom. The van der Waals surface area contributed by atoms with Crippen molar-refractivity contribution in [1.29, 1.82) is 0 Å². The molecule has 1 nitrogen and oxygen atoms in total. The van der Waals surface area contributed by atoms with E-state index >= 15 is 0 Å². The molecule has 2 rings (SSSR count). The van der Waals surface area contributed by atoms with E-state index in [0.717, 1.165) is 17.9 Å². The Hall–Kier alpha value is -0.340. The second-order valence-electron chi connectivity index (χ2n) is 5.51. The van der Waals surface area contributed by atoms with Crippen LogP contribution < -0.4 is 5.32 Å². The predicted molar refractivity (Wildman–Crippen MR) is 82.0 cm³/mol. The lowest BCUT2D eigenvalue weighted by atomic mass is 9.76. The van der Waals surface area contributed by atoms with Gasteiger partial charge in [0.2, 0.25) is 0 Å². The molecule has 1 N–H and O–H groups in total. The van der Waals surface area contributed by atoms with E-state index in [1.165, 1.54) is 42.3 Å². The van der Waals surface area contributed by atoms with Crippen LogP contribution in [0.1, 0.15) is 51.0 Å². The van der Waals surface area contributed by atoms with Gasteiger partial charge in [-0.15, -0.1) is 0 Å². The highest BCUT2D eigenvalue weighted by Gasteiger charge is 2.30. The van der Waals surface area contributed by atoms with E-state index < -0.39 is 0 Å². The zero-order valence-corrected chi connectivity index (χ0v) is 13.0. The lowest BCUT2D eigenvalue weighted by Crippen LogP contribution is -2.42. The molecule has 0 aliphatic heterocycles. The van der Waals surface area contributed by atoms with Gasteiger partial charge in [0, 0.05) is 10.5 Å². The molecular formula is C16H24BrN. The third-order valence-corrected chi connectivity index (χ3v) is 4.80. The van der Waals surface area contributed by atoms with E-state index in [-0.39, 0.29) is 0 Å². The highest BCUT2D eigenvalue weighted by Crippen LogP contribution is 2.37. The second kappa shape index (κ2) is 6.72. The maximum atomic E-state index is 3.72. The van der Waals surface area contributed by atoms with Crippen LogP contribution in [0.5, 0.6) is 0 Å². The van der Waals surface area contributed by atoms with Crippen molar-refractivity contribution < 1.29 is 0 Å². The molecular weight excluding hydrogens is 286 g/mol. The maximum absolute atomic E-state index is 3.72. The van der Waals surface area contributed by atoms with E-state index in [0.29, 0.717) is 0 Å². The number of benzene rings is 1. The van der Waals surface area contributed by atoms with E-state index in [1.54, 1.807) is 0 Å². The first-order chi connectivity index (χ1) is 8.72. The van der Waals surface area contributed by atoms with Crippen LogP contribution in [0.25, 0.3) is 0 Å². The fourth-order valence-electron chi connectivity index (χ4n) is 2.73. The van der Waals surface area contributed by atoms with Crippen molar-refractivity contribution in [1.82, 2.24) is 5.32 Å². The van der Waals surface area contributed by atoms with Crippen molar-refractivity contribution in [2.45, 2.75) is 51.5 Å². The molecule has 0 heterocycles. The first kappa shape index (κ1) is 14.1. The van der Waals surface area contributed by atoms with E-state index in [4.69, 9.17) is 0 Å². The molecule has 0 amide bonds. The molecule has 1 aromatic rings. The van der Waals surface area contributed by atoms with Crippen molar-refractivity contribution in [2.75, 3.05) is 6.54 Å². The first-order valence-corrected chi connectivity index (χ1v) is 8.01. The van der Waals surface area contributed by atoms with E-state index in [1.807, 2.05) is 0 Å². The number of halogens is 1. The Labute approximate surface area is 119 Å². The van der Waals surface area contributed by atoms with Crippen molar-refractivity contribution in [3.8, 4) is 0 Å². The minimum absolute atomic E-state index is 0.745. The van der Waals surface area contributed by atoms with Crippen LogP contribution in [0.15, 0.2) is 28.7 Å². The molecule has 1 aliphatic rings. The highest BCUT2D eigenvalue weighted by atomic mass is 79.9. The third-order valence-electron chi connectivity index (χ3n) is 4.31. The fraction of sp³-hybridized carbons (Fsp3) is 0.625. The van der Waals surface area contributed by atoms with Gasteiger partial charge in [-0.05, 0) is 48.9 Å². The Morgan fingerprint density at radius 2 is 2.00 bits per heavy atom. The quantitative estimate of drug-likeness (QED) is 0.801. The summed E-state index contributed by atoms with van der Waals surface area (Å²) in [7, 11) is 0. The average molecular weight is 310 g/mol. The smallest absolute Gasteiger partial charge is 0.0178 e. The topological polar surface area (TPSA) is 12.0 Å². The average Bonchev–Trinajstić information content (AvgIpc) is 2.32. The summed E-state index contributed by atoms with van der Waals surface area (Å²) < 4.78 is 1.20. The van der Waals surface area contributed by atoms with Gasteiger partial charge in [-0.3, -0.25) is 0 Å². The van der Waals surface area contributed by atoms with Gasteiger partial charge in [-0.1, -0.05) is 54.8 Å². The summed E-state index contributed by atoms with van der Waals surface area (Å²) in [6, 6.07) is 9.51. The summed E-state index contributed by atoms with van der Waals surface area (Å²) in [6.07, 6.45) is 5.20. The standard InChI is InChI=1S/C16H24BrN/c1-3-12(4-2)11-18-16-9-14(10-16)13-6-5-7-15(17)8-13/h5-8,12,14,16,18H,3-4,9-11H2,1-2H3. The largest absolute Gasteiger partial charge is 0.314 e. The van der Waals surface area contributed by atoms with Crippen LogP contribution in [-0.4, -0.2) is 12.6 Å².